The maximum absolute atomic E-state index is 12.3. The van der Waals surface area contributed by atoms with Crippen LogP contribution in [0.3, 0.4) is 0 Å². The van der Waals surface area contributed by atoms with E-state index in [1.54, 1.807) is 0 Å². The predicted octanol–water partition coefficient (Wildman–Crippen LogP) is 4.67. The minimum Gasteiger partial charge on any atom is -0.445 e. The van der Waals surface area contributed by atoms with Crippen molar-refractivity contribution in [3.8, 4) is 0 Å². The van der Waals surface area contributed by atoms with Crippen molar-refractivity contribution in [2.45, 2.75) is 19.2 Å². The molecule has 136 valence electrons. The van der Waals surface area contributed by atoms with Crippen molar-refractivity contribution in [3.05, 3.63) is 102 Å². The van der Waals surface area contributed by atoms with Crippen LogP contribution in [-0.4, -0.2) is 12.6 Å². The average Bonchev–Trinajstić information content (AvgIpc) is 3.05. The summed E-state index contributed by atoms with van der Waals surface area (Å²) in [6.45, 7) is 1.82. The molecule has 3 aromatic rings. The van der Waals surface area contributed by atoms with Crippen molar-refractivity contribution in [3.63, 3.8) is 0 Å². The SMILES string of the molecule is O=C(NC1CN(Cc2ccccc2)c2ccccc21)OCc1ccccc1. The number of alkyl carbamates (subject to hydrolysis) is 1. The second-order valence-corrected chi connectivity index (χ2v) is 6.68. The summed E-state index contributed by atoms with van der Waals surface area (Å²) in [7, 11) is 0. The number of hydrogen-bond donors (Lipinski definition) is 1. The van der Waals surface area contributed by atoms with Gasteiger partial charge in [0.05, 0.1) is 6.04 Å². The first kappa shape index (κ1) is 17.2. The molecule has 0 bridgehead atoms. The van der Waals surface area contributed by atoms with E-state index in [9.17, 15) is 4.79 Å². The maximum atomic E-state index is 12.3. The highest BCUT2D eigenvalue weighted by Crippen LogP contribution is 2.35. The highest BCUT2D eigenvalue weighted by Gasteiger charge is 2.29. The molecule has 0 saturated carbocycles. The lowest BCUT2D eigenvalue weighted by molar-refractivity contribution is 0.136. The van der Waals surface area contributed by atoms with Crippen molar-refractivity contribution < 1.29 is 9.53 Å². The number of nitrogens with one attached hydrogen (secondary N) is 1. The van der Waals surface area contributed by atoms with Gasteiger partial charge in [-0.05, 0) is 22.8 Å². The number of benzene rings is 3. The Morgan fingerprint density at radius 1 is 0.889 bits per heavy atom. The van der Waals surface area contributed by atoms with Crippen LogP contribution >= 0.6 is 0 Å². The van der Waals surface area contributed by atoms with Gasteiger partial charge < -0.3 is 15.0 Å². The molecule has 0 fully saturated rings. The number of para-hydroxylation sites is 1. The van der Waals surface area contributed by atoms with Gasteiger partial charge in [-0.2, -0.15) is 0 Å². The zero-order valence-electron chi connectivity index (χ0n) is 15.0. The third-order valence-electron chi connectivity index (χ3n) is 4.78. The van der Waals surface area contributed by atoms with Gasteiger partial charge in [-0.3, -0.25) is 0 Å². The van der Waals surface area contributed by atoms with Crippen LogP contribution in [0, 0.1) is 0 Å². The molecular weight excluding hydrogens is 336 g/mol. The van der Waals surface area contributed by atoms with E-state index in [1.165, 1.54) is 5.56 Å². The second kappa shape index (κ2) is 7.96. The first-order valence-corrected chi connectivity index (χ1v) is 9.14. The van der Waals surface area contributed by atoms with Gasteiger partial charge in [0.25, 0.3) is 0 Å². The van der Waals surface area contributed by atoms with Crippen LogP contribution in [0.25, 0.3) is 0 Å². The molecule has 4 nitrogen and oxygen atoms in total. The summed E-state index contributed by atoms with van der Waals surface area (Å²) < 4.78 is 5.39. The molecule has 0 aromatic heterocycles. The van der Waals surface area contributed by atoms with Gasteiger partial charge in [-0.25, -0.2) is 4.79 Å². The molecule has 1 N–H and O–H groups in total. The molecule has 3 aromatic carbocycles. The summed E-state index contributed by atoms with van der Waals surface area (Å²) in [5, 5.41) is 3.02. The van der Waals surface area contributed by atoms with Crippen LogP contribution in [0.1, 0.15) is 22.7 Å². The van der Waals surface area contributed by atoms with Crippen LogP contribution in [0.15, 0.2) is 84.9 Å². The molecule has 1 unspecified atom stereocenters. The third kappa shape index (κ3) is 4.11. The molecule has 1 atom stereocenters. The Morgan fingerprint density at radius 3 is 2.26 bits per heavy atom. The normalized spacial score (nSPS) is 15.3. The first-order valence-electron chi connectivity index (χ1n) is 9.14. The minimum atomic E-state index is -0.389. The Kier molecular flexibility index (Phi) is 5.06. The summed E-state index contributed by atoms with van der Waals surface area (Å²) in [4.78, 5) is 14.6. The molecule has 0 spiro atoms. The number of fused-ring (bicyclic) bond motifs is 1. The molecule has 1 heterocycles. The van der Waals surface area contributed by atoms with Crippen molar-refractivity contribution in [2.75, 3.05) is 11.4 Å². The number of anilines is 1. The molecule has 27 heavy (non-hydrogen) atoms. The van der Waals surface area contributed by atoms with E-state index in [1.807, 2.05) is 60.7 Å². The fraction of sp³-hybridized carbons (Fsp3) is 0.174. The van der Waals surface area contributed by atoms with Gasteiger partial charge in [0.1, 0.15) is 6.61 Å². The van der Waals surface area contributed by atoms with Crippen molar-refractivity contribution in [2.24, 2.45) is 0 Å². The lowest BCUT2D eigenvalue weighted by Crippen LogP contribution is -2.32. The molecule has 0 radical (unpaired) electrons. The number of amides is 1. The molecule has 1 aliphatic rings. The van der Waals surface area contributed by atoms with Crippen molar-refractivity contribution in [1.29, 1.82) is 0 Å². The first-order chi connectivity index (χ1) is 13.3. The lowest BCUT2D eigenvalue weighted by atomic mass is 10.1. The third-order valence-corrected chi connectivity index (χ3v) is 4.78. The van der Waals surface area contributed by atoms with Crippen LogP contribution in [0.2, 0.25) is 0 Å². The van der Waals surface area contributed by atoms with E-state index in [2.05, 4.69) is 34.5 Å². The molecule has 1 amide bonds. The van der Waals surface area contributed by atoms with E-state index in [0.717, 1.165) is 29.9 Å². The van der Waals surface area contributed by atoms with E-state index in [0.29, 0.717) is 0 Å². The summed E-state index contributed by atoms with van der Waals surface area (Å²) >= 11 is 0. The van der Waals surface area contributed by atoms with Gasteiger partial charge in [-0.1, -0.05) is 78.9 Å². The standard InChI is InChI=1S/C23H22N2O2/c26-23(27-17-19-11-5-2-6-12-19)24-21-16-25(15-18-9-3-1-4-10-18)22-14-8-7-13-20(21)22/h1-14,21H,15-17H2,(H,24,26). The van der Waals surface area contributed by atoms with Gasteiger partial charge in [0, 0.05) is 18.8 Å². The van der Waals surface area contributed by atoms with E-state index < -0.39 is 0 Å². The number of nitrogens with zero attached hydrogens (tertiary/aromatic N) is 1. The minimum absolute atomic E-state index is 0.0758. The Hall–Kier alpha value is -3.27. The van der Waals surface area contributed by atoms with E-state index >= 15 is 0 Å². The fourth-order valence-electron chi connectivity index (χ4n) is 3.47. The molecule has 0 saturated heterocycles. The Balaban J connectivity index is 1.42. The van der Waals surface area contributed by atoms with Gasteiger partial charge in [0.2, 0.25) is 0 Å². The number of hydrogen-bond acceptors (Lipinski definition) is 3. The Labute approximate surface area is 159 Å². The highest BCUT2D eigenvalue weighted by atomic mass is 16.5. The van der Waals surface area contributed by atoms with Crippen LogP contribution in [0.5, 0.6) is 0 Å². The average molecular weight is 358 g/mol. The highest BCUT2D eigenvalue weighted by molar-refractivity contribution is 5.70. The largest absolute Gasteiger partial charge is 0.445 e. The predicted molar refractivity (Wildman–Crippen MR) is 106 cm³/mol. The quantitative estimate of drug-likeness (QED) is 0.720. The van der Waals surface area contributed by atoms with Crippen molar-refractivity contribution in [1.82, 2.24) is 5.32 Å². The number of carbonyl (C=O) groups is 1. The zero-order chi connectivity index (χ0) is 18.5. The smallest absolute Gasteiger partial charge is 0.408 e. The van der Waals surface area contributed by atoms with Crippen LogP contribution in [-0.2, 0) is 17.9 Å². The molecular formula is C23H22N2O2. The van der Waals surface area contributed by atoms with Gasteiger partial charge in [0.15, 0.2) is 0 Å². The zero-order valence-corrected chi connectivity index (χ0v) is 15.0. The van der Waals surface area contributed by atoms with Gasteiger partial charge >= 0.3 is 6.09 Å². The van der Waals surface area contributed by atoms with Gasteiger partial charge in [-0.15, -0.1) is 0 Å². The number of ether oxygens (including phenoxy) is 1. The van der Waals surface area contributed by atoms with E-state index in [-0.39, 0.29) is 18.7 Å². The number of carbonyl (C=O) groups excluding carboxylic acids is 1. The Morgan fingerprint density at radius 2 is 1.52 bits per heavy atom. The molecule has 4 rings (SSSR count). The van der Waals surface area contributed by atoms with Crippen LogP contribution < -0.4 is 10.2 Å². The maximum Gasteiger partial charge on any atom is 0.408 e. The topological polar surface area (TPSA) is 41.6 Å². The lowest BCUT2D eigenvalue weighted by Gasteiger charge is -2.20. The van der Waals surface area contributed by atoms with Crippen LogP contribution in [0.4, 0.5) is 10.5 Å². The van der Waals surface area contributed by atoms with E-state index in [4.69, 9.17) is 4.74 Å². The molecule has 4 heteroatoms. The monoisotopic (exact) mass is 358 g/mol. The second-order valence-electron chi connectivity index (χ2n) is 6.68. The molecule has 0 aliphatic carbocycles. The van der Waals surface area contributed by atoms with Crippen molar-refractivity contribution >= 4 is 11.8 Å². The molecule has 1 aliphatic heterocycles. The fourth-order valence-corrected chi connectivity index (χ4v) is 3.47. The summed E-state index contributed by atoms with van der Waals surface area (Å²) in [6.07, 6.45) is -0.389. The summed E-state index contributed by atoms with van der Waals surface area (Å²) in [5.41, 5.74) is 4.52. The summed E-state index contributed by atoms with van der Waals surface area (Å²) in [5.74, 6) is 0. The summed E-state index contributed by atoms with van der Waals surface area (Å²) in [6, 6.07) is 28.2. The Bertz CT molecular complexity index is 897. The number of rotatable bonds is 5.